The average Bonchev–Trinajstić information content (AvgIpc) is 2.88. The second-order valence-corrected chi connectivity index (χ2v) is 9.79. The molecule has 37 heavy (non-hydrogen) atoms. The predicted octanol–water partition coefficient (Wildman–Crippen LogP) is 6.70. The molecule has 6 nitrogen and oxygen atoms in total. The molecular weight excluding hydrogens is 468 g/mol. The van der Waals surface area contributed by atoms with E-state index in [0.29, 0.717) is 33.6 Å². The number of aryl methyl sites for hydroxylation is 1. The number of esters is 1. The highest BCUT2D eigenvalue weighted by Crippen LogP contribution is 2.33. The van der Waals surface area contributed by atoms with Gasteiger partial charge in [-0.15, -0.1) is 0 Å². The number of carbonyl (C=O) groups excluding carboxylic acids is 1. The molecule has 0 aliphatic carbocycles. The summed E-state index contributed by atoms with van der Waals surface area (Å²) in [5, 5.41) is 0.349. The molecule has 1 heterocycles. The molecule has 4 rings (SSSR count). The lowest BCUT2D eigenvalue weighted by Crippen LogP contribution is -2.14. The maximum absolute atomic E-state index is 13.5. The maximum atomic E-state index is 13.5. The van der Waals surface area contributed by atoms with Gasteiger partial charge in [-0.05, 0) is 53.8 Å². The molecule has 0 aliphatic rings. The number of carbonyl (C=O) groups is 1. The summed E-state index contributed by atoms with van der Waals surface area (Å²) in [6.45, 7) is 8.25. The van der Waals surface area contributed by atoms with Crippen LogP contribution in [0.3, 0.4) is 0 Å². The zero-order valence-electron chi connectivity index (χ0n) is 21.9. The van der Waals surface area contributed by atoms with Gasteiger partial charge in [0.2, 0.25) is 11.2 Å². The third-order valence-corrected chi connectivity index (χ3v) is 6.04. The molecule has 0 radical (unpaired) electrons. The second-order valence-electron chi connectivity index (χ2n) is 9.79. The molecule has 3 aromatic carbocycles. The largest absolute Gasteiger partial charge is 0.493 e. The number of methoxy groups -OCH3 is 2. The van der Waals surface area contributed by atoms with Gasteiger partial charge < -0.3 is 18.6 Å². The molecule has 0 N–H and O–H groups in total. The Labute approximate surface area is 216 Å². The highest BCUT2D eigenvalue weighted by atomic mass is 16.5. The van der Waals surface area contributed by atoms with Crippen molar-refractivity contribution in [3.63, 3.8) is 0 Å². The summed E-state index contributed by atoms with van der Waals surface area (Å²) < 4.78 is 22.3. The van der Waals surface area contributed by atoms with Crippen LogP contribution in [0.1, 0.15) is 37.5 Å². The molecular formula is C31H30O6. The first-order valence-electron chi connectivity index (χ1n) is 11.9. The molecule has 6 heteroatoms. The van der Waals surface area contributed by atoms with Crippen LogP contribution >= 0.6 is 0 Å². The van der Waals surface area contributed by atoms with Crippen molar-refractivity contribution in [1.82, 2.24) is 0 Å². The Bertz CT molecular complexity index is 1540. The summed E-state index contributed by atoms with van der Waals surface area (Å²) in [6, 6.07) is 18.3. The predicted molar refractivity (Wildman–Crippen MR) is 146 cm³/mol. The fourth-order valence-corrected chi connectivity index (χ4v) is 3.95. The van der Waals surface area contributed by atoms with E-state index in [0.717, 1.165) is 11.1 Å². The summed E-state index contributed by atoms with van der Waals surface area (Å²) in [6.07, 6.45) is 2.84. The van der Waals surface area contributed by atoms with Gasteiger partial charge in [-0.2, -0.15) is 0 Å². The number of fused-ring (bicyclic) bond motifs is 1. The topological polar surface area (TPSA) is 75.0 Å². The molecule has 0 saturated carbocycles. The van der Waals surface area contributed by atoms with E-state index in [-0.39, 0.29) is 16.9 Å². The molecule has 0 fully saturated rings. The fourth-order valence-electron chi connectivity index (χ4n) is 3.95. The lowest BCUT2D eigenvalue weighted by atomic mass is 9.86. The van der Waals surface area contributed by atoms with Crippen molar-refractivity contribution in [3.8, 4) is 28.6 Å². The Morgan fingerprint density at radius 1 is 0.892 bits per heavy atom. The average molecular weight is 499 g/mol. The van der Waals surface area contributed by atoms with Crippen molar-refractivity contribution >= 4 is 23.0 Å². The van der Waals surface area contributed by atoms with Gasteiger partial charge in [-0.25, -0.2) is 4.79 Å². The lowest BCUT2D eigenvalue weighted by Gasteiger charge is -2.19. The van der Waals surface area contributed by atoms with Crippen LogP contribution in [-0.2, 0) is 10.2 Å². The third-order valence-electron chi connectivity index (χ3n) is 6.04. The minimum absolute atomic E-state index is 0.0372. The summed E-state index contributed by atoms with van der Waals surface area (Å²) in [5.41, 5.74) is 3.34. The van der Waals surface area contributed by atoms with Crippen LogP contribution in [0.2, 0.25) is 0 Å². The summed E-state index contributed by atoms with van der Waals surface area (Å²) >= 11 is 0. The molecule has 190 valence electrons. The summed E-state index contributed by atoms with van der Waals surface area (Å²) in [5.74, 6) is 0.456. The minimum atomic E-state index is -0.707. The molecule has 0 bridgehead atoms. The van der Waals surface area contributed by atoms with Crippen molar-refractivity contribution in [1.29, 1.82) is 0 Å². The summed E-state index contributed by atoms with van der Waals surface area (Å²) in [4.78, 5) is 26.3. The molecule has 1 aromatic heterocycles. The van der Waals surface area contributed by atoms with Gasteiger partial charge in [-0.3, -0.25) is 4.79 Å². The van der Waals surface area contributed by atoms with Crippen LogP contribution in [0.5, 0.6) is 17.2 Å². The Balaban J connectivity index is 1.74. The standard InChI is InChI=1S/C31H30O6/c1-19-7-14-24-23(17-19)28(33)30(29(36-24)21-10-12-22(13-11-21)31(2,3)4)37-27(32)16-9-20-8-15-25(34-5)26(18-20)35-6/h7-18H,1-6H3. The molecule has 0 aliphatic heterocycles. The van der Waals surface area contributed by atoms with E-state index < -0.39 is 11.4 Å². The highest BCUT2D eigenvalue weighted by Gasteiger charge is 2.21. The third kappa shape index (κ3) is 5.59. The van der Waals surface area contributed by atoms with E-state index in [1.54, 1.807) is 43.5 Å². The van der Waals surface area contributed by atoms with Crippen LogP contribution in [-0.4, -0.2) is 20.2 Å². The second kappa shape index (κ2) is 10.3. The zero-order chi connectivity index (χ0) is 26.7. The van der Waals surface area contributed by atoms with Crippen molar-refractivity contribution in [3.05, 3.63) is 93.7 Å². The van der Waals surface area contributed by atoms with Crippen molar-refractivity contribution < 1.29 is 23.4 Å². The van der Waals surface area contributed by atoms with Gasteiger partial charge in [-0.1, -0.05) is 62.7 Å². The van der Waals surface area contributed by atoms with Crippen molar-refractivity contribution in [2.75, 3.05) is 14.2 Å². The lowest BCUT2D eigenvalue weighted by molar-refractivity contribution is -0.129. The quantitative estimate of drug-likeness (QED) is 0.217. The Kier molecular flexibility index (Phi) is 7.21. The number of ether oxygens (including phenoxy) is 3. The first-order chi connectivity index (χ1) is 17.6. The van der Waals surface area contributed by atoms with Gasteiger partial charge in [0.1, 0.15) is 5.58 Å². The van der Waals surface area contributed by atoms with E-state index in [1.165, 1.54) is 13.2 Å². The van der Waals surface area contributed by atoms with Crippen molar-refractivity contribution in [2.45, 2.75) is 33.1 Å². The Morgan fingerprint density at radius 3 is 2.24 bits per heavy atom. The van der Waals surface area contributed by atoms with Crippen LogP contribution < -0.4 is 19.6 Å². The molecule has 0 unspecified atom stereocenters. The SMILES string of the molecule is COc1ccc(C=CC(=O)Oc2c(-c3ccc(C(C)(C)C)cc3)oc3ccc(C)cc3c2=O)cc1OC. The Morgan fingerprint density at radius 2 is 1.59 bits per heavy atom. The van der Waals surface area contributed by atoms with Crippen LogP contribution in [0.4, 0.5) is 0 Å². The fraction of sp³-hybridized carbons (Fsp3) is 0.226. The van der Waals surface area contributed by atoms with Crippen LogP contribution in [0, 0.1) is 6.92 Å². The van der Waals surface area contributed by atoms with E-state index in [2.05, 4.69) is 20.8 Å². The molecule has 0 saturated heterocycles. The molecule has 0 atom stereocenters. The first kappa shape index (κ1) is 25.8. The van der Waals surface area contributed by atoms with Gasteiger partial charge in [0.05, 0.1) is 19.6 Å². The smallest absolute Gasteiger partial charge is 0.336 e. The number of rotatable bonds is 6. The number of benzene rings is 3. The minimum Gasteiger partial charge on any atom is -0.493 e. The van der Waals surface area contributed by atoms with E-state index in [1.807, 2.05) is 37.3 Å². The highest BCUT2D eigenvalue weighted by molar-refractivity contribution is 5.91. The van der Waals surface area contributed by atoms with Crippen LogP contribution in [0.25, 0.3) is 28.4 Å². The first-order valence-corrected chi connectivity index (χ1v) is 11.9. The number of hydrogen-bond donors (Lipinski definition) is 0. The van der Waals surface area contributed by atoms with Crippen LogP contribution in [0.15, 0.2) is 76.0 Å². The monoisotopic (exact) mass is 498 g/mol. The van der Waals surface area contributed by atoms with Crippen molar-refractivity contribution in [2.24, 2.45) is 0 Å². The van der Waals surface area contributed by atoms with E-state index >= 15 is 0 Å². The van der Waals surface area contributed by atoms with Gasteiger partial charge in [0.15, 0.2) is 17.3 Å². The van der Waals surface area contributed by atoms with Gasteiger partial charge in [0.25, 0.3) is 0 Å². The normalized spacial score (nSPS) is 11.6. The van der Waals surface area contributed by atoms with Gasteiger partial charge >= 0.3 is 5.97 Å². The molecule has 0 amide bonds. The van der Waals surface area contributed by atoms with Gasteiger partial charge in [0, 0.05) is 11.6 Å². The number of hydrogen-bond acceptors (Lipinski definition) is 6. The Hall–Kier alpha value is -4.32. The maximum Gasteiger partial charge on any atom is 0.336 e. The van der Waals surface area contributed by atoms with E-state index in [4.69, 9.17) is 18.6 Å². The van der Waals surface area contributed by atoms with E-state index in [9.17, 15) is 9.59 Å². The molecule has 4 aromatic rings. The summed E-state index contributed by atoms with van der Waals surface area (Å²) in [7, 11) is 3.09. The molecule has 0 spiro atoms. The zero-order valence-corrected chi connectivity index (χ0v) is 21.9.